The summed E-state index contributed by atoms with van der Waals surface area (Å²) in [5.74, 6) is 0. The van der Waals surface area contributed by atoms with Gasteiger partial charge in [-0.2, -0.15) is 26.3 Å². The number of ether oxygens (including phenoxy) is 1. The third-order valence-corrected chi connectivity index (χ3v) is 2.60. The van der Waals surface area contributed by atoms with Crippen molar-refractivity contribution in [1.29, 1.82) is 0 Å². The van der Waals surface area contributed by atoms with Gasteiger partial charge in [0, 0.05) is 0 Å². The molecule has 22 heavy (non-hydrogen) atoms. The number of halogens is 6. The largest absolute Gasteiger partial charge is 0.450 e. The molecular weight excluding hydrogens is 316 g/mol. The molecule has 3 nitrogen and oxygen atoms in total. The molecule has 0 saturated heterocycles. The molecule has 0 unspecified atom stereocenters. The Balaban J connectivity index is 2.39. The molecule has 0 aromatic heterocycles. The van der Waals surface area contributed by atoms with Crippen LogP contribution in [0.1, 0.15) is 12.0 Å². The monoisotopic (exact) mass is 329 g/mol. The lowest BCUT2D eigenvalue weighted by Gasteiger charge is -2.23. The second-order valence-electron chi connectivity index (χ2n) is 4.39. The van der Waals surface area contributed by atoms with E-state index in [1.54, 1.807) is 30.3 Å². The predicted octanol–water partition coefficient (Wildman–Crippen LogP) is 3.84. The SMILES string of the molecule is O=C(NC(C(F)(F)F)C(F)(F)F)OCCCc1ccccc1. The molecule has 1 rings (SSSR count). The van der Waals surface area contributed by atoms with Gasteiger partial charge in [-0.3, -0.25) is 0 Å². The number of carbonyl (C=O) groups excluding carboxylic acids is 1. The van der Waals surface area contributed by atoms with Gasteiger partial charge in [-0.25, -0.2) is 4.79 Å². The van der Waals surface area contributed by atoms with Gasteiger partial charge in [0.05, 0.1) is 6.61 Å². The van der Waals surface area contributed by atoms with Gasteiger partial charge < -0.3 is 10.1 Å². The van der Waals surface area contributed by atoms with Crippen LogP contribution in [0.5, 0.6) is 0 Å². The molecule has 124 valence electrons. The van der Waals surface area contributed by atoms with Gasteiger partial charge >= 0.3 is 18.4 Å². The minimum Gasteiger partial charge on any atom is -0.450 e. The molecule has 0 fully saturated rings. The molecule has 0 radical (unpaired) electrons. The maximum absolute atomic E-state index is 12.2. The van der Waals surface area contributed by atoms with Crippen LogP contribution in [0, 0.1) is 0 Å². The average Bonchev–Trinajstić information content (AvgIpc) is 2.40. The van der Waals surface area contributed by atoms with E-state index < -0.39 is 24.5 Å². The van der Waals surface area contributed by atoms with Crippen molar-refractivity contribution in [2.24, 2.45) is 0 Å². The number of benzene rings is 1. The topological polar surface area (TPSA) is 38.3 Å². The van der Waals surface area contributed by atoms with Gasteiger partial charge in [-0.15, -0.1) is 0 Å². The zero-order valence-electron chi connectivity index (χ0n) is 11.2. The molecule has 0 bridgehead atoms. The highest BCUT2D eigenvalue weighted by Crippen LogP contribution is 2.33. The van der Waals surface area contributed by atoms with E-state index in [1.807, 2.05) is 0 Å². The second-order valence-corrected chi connectivity index (χ2v) is 4.39. The first kappa shape index (κ1) is 18.1. The summed E-state index contributed by atoms with van der Waals surface area (Å²) >= 11 is 0. The smallest absolute Gasteiger partial charge is 0.417 e. The average molecular weight is 329 g/mol. The van der Waals surface area contributed by atoms with Crippen molar-refractivity contribution >= 4 is 6.09 Å². The van der Waals surface area contributed by atoms with Crippen LogP contribution in [0.15, 0.2) is 30.3 Å². The van der Waals surface area contributed by atoms with E-state index in [0.717, 1.165) is 10.9 Å². The molecule has 1 N–H and O–H groups in total. The van der Waals surface area contributed by atoms with Crippen molar-refractivity contribution in [3.63, 3.8) is 0 Å². The first-order valence-corrected chi connectivity index (χ1v) is 6.21. The Hall–Kier alpha value is -1.93. The number of hydrogen-bond donors (Lipinski definition) is 1. The van der Waals surface area contributed by atoms with Crippen LogP contribution in [-0.4, -0.2) is 31.1 Å². The second kappa shape index (κ2) is 7.37. The normalized spacial score (nSPS) is 12.3. The summed E-state index contributed by atoms with van der Waals surface area (Å²) in [4.78, 5) is 11.0. The fourth-order valence-corrected chi connectivity index (χ4v) is 1.59. The van der Waals surface area contributed by atoms with Crippen LogP contribution < -0.4 is 5.32 Å². The van der Waals surface area contributed by atoms with Gasteiger partial charge in [0.15, 0.2) is 0 Å². The maximum Gasteiger partial charge on any atom is 0.417 e. The number of rotatable bonds is 5. The van der Waals surface area contributed by atoms with E-state index >= 15 is 0 Å². The van der Waals surface area contributed by atoms with E-state index in [0.29, 0.717) is 6.42 Å². The lowest BCUT2D eigenvalue weighted by molar-refractivity contribution is -0.256. The molecule has 1 amide bonds. The summed E-state index contributed by atoms with van der Waals surface area (Å²) in [7, 11) is 0. The molecular formula is C13H13F6NO2. The number of nitrogens with one attached hydrogen (secondary N) is 1. The van der Waals surface area contributed by atoms with Crippen molar-refractivity contribution in [2.45, 2.75) is 31.2 Å². The minimum atomic E-state index is -5.64. The van der Waals surface area contributed by atoms with E-state index in [-0.39, 0.29) is 13.0 Å². The van der Waals surface area contributed by atoms with Gasteiger partial charge in [-0.05, 0) is 18.4 Å². The molecule has 1 aromatic rings. The third-order valence-electron chi connectivity index (χ3n) is 2.60. The zero-order chi connectivity index (χ0) is 16.8. The van der Waals surface area contributed by atoms with Crippen molar-refractivity contribution in [3.05, 3.63) is 35.9 Å². The van der Waals surface area contributed by atoms with E-state index in [9.17, 15) is 31.1 Å². The van der Waals surface area contributed by atoms with E-state index in [1.165, 1.54) is 0 Å². The Morgan fingerprint density at radius 2 is 1.59 bits per heavy atom. The first-order valence-electron chi connectivity index (χ1n) is 6.21. The molecule has 9 heteroatoms. The van der Waals surface area contributed by atoms with Crippen molar-refractivity contribution in [2.75, 3.05) is 6.61 Å². The van der Waals surface area contributed by atoms with Crippen LogP contribution in [0.4, 0.5) is 31.1 Å². The minimum absolute atomic E-state index is 0.278. The molecule has 1 aromatic carbocycles. The molecule has 0 heterocycles. The van der Waals surface area contributed by atoms with Gasteiger partial charge in [0.1, 0.15) is 0 Å². The molecule has 0 aliphatic heterocycles. The van der Waals surface area contributed by atoms with Crippen LogP contribution >= 0.6 is 0 Å². The van der Waals surface area contributed by atoms with Gasteiger partial charge in [-0.1, -0.05) is 30.3 Å². The summed E-state index contributed by atoms with van der Waals surface area (Å²) in [5, 5.41) is 0.784. The zero-order valence-corrected chi connectivity index (χ0v) is 11.2. The number of carbonyl (C=O) groups is 1. The Morgan fingerprint density at radius 3 is 2.09 bits per heavy atom. The maximum atomic E-state index is 12.2. The fourth-order valence-electron chi connectivity index (χ4n) is 1.59. The van der Waals surface area contributed by atoms with Crippen LogP contribution in [0.3, 0.4) is 0 Å². The number of amides is 1. The highest BCUT2D eigenvalue weighted by Gasteiger charge is 2.57. The van der Waals surface area contributed by atoms with Crippen molar-refractivity contribution in [3.8, 4) is 0 Å². The number of hydrogen-bond acceptors (Lipinski definition) is 2. The summed E-state index contributed by atoms with van der Waals surface area (Å²) in [6.07, 6.45) is -12.3. The standard InChI is InChI=1S/C13H13F6NO2/c14-12(15,16)10(13(17,18)19)20-11(21)22-8-4-7-9-5-2-1-3-6-9/h1-3,5-6,10H,4,7-8H2,(H,20,21). The van der Waals surface area contributed by atoms with Crippen LogP contribution in [0.2, 0.25) is 0 Å². The number of alkyl carbamates (subject to hydrolysis) is 1. The first-order chi connectivity index (χ1) is 10.1. The molecule has 0 aliphatic carbocycles. The predicted molar refractivity (Wildman–Crippen MR) is 65.1 cm³/mol. The number of aryl methyl sites for hydroxylation is 1. The number of alkyl halides is 6. The molecule has 0 aliphatic rings. The third kappa shape index (κ3) is 6.23. The van der Waals surface area contributed by atoms with E-state index in [2.05, 4.69) is 4.74 Å². The summed E-state index contributed by atoms with van der Waals surface area (Å²) < 4.78 is 77.5. The Kier molecular flexibility index (Phi) is 6.07. The Labute approximate surface area is 122 Å². The van der Waals surface area contributed by atoms with Crippen LogP contribution in [0.25, 0.3) is 0 Å². The Bertz CT molecular complexity index is 458. The molecule has 0 saturated carbocycles. The summed E-state index contributed by atoms with van der Waals surface area (Å²) in [6, 6.07) is 5.00. The Morgan fingerprint density at radius 1 is 1.05 bits per heavy atom. The quantitative estimate of drug-likeness (QED) is 0.658. The highest BCUT2D eigenvalue weighted by molar-refractivity contribution is 5.67. The van der Waals surface area contributed by atoms with Crippen molar-refractivity contribution in [1.82, 2.24) is 5.32 Å². The highest BCUT2D eigenvalue weighted by atomic mass is 19.4. The summed E-state index contributed by atoms with van der Waals surface area (Å²) in [6.45, 7) is -0.289. The molecule has 0 spiro atoms. The van der Waals surface area contributed by atoms with Crippen molar-refractivity contribution < 1.29 is 35.9 Å². The van der Waals surface area contributed by atoms with Gasteiger partial charge in [0.25, 0.3) is 0 Å². The van der Waals surface area contributed by atoms with Crippen LogP contribution in [-0.2, 0) is 11.2 Å². The summed E-state index contributed by atoms with van der Waals surface area (Å²) in [5.41, 5.74) is 0.912. The lowest BCUT2D eigenvalue weighted by Crippen LogP contribution is -2.54. The lowest BCUT2D eigenvalue weighted by atomic mass is 10.1. The van der Waals surface area contributed by atoms with Gasteiger partial charge in [0.2, 0.25) is 6.04 Å². The molecule has 0 atom stereocenters. The fraction of sp³-hybridized carbons (Fsp3) is 0.462. The van der Waals surface area contributed by atoms with E-state index in [4.69, 9.17) is 0 Å².